The molecular weight excluding hydrogens is 452 g/mol. The smallest absolute Gasteiger partial charge is 0.296 e. The first-order chi connectivity index (χ1) is 17.6. The van der Waals surface area contributed by atoms with Gasteiger partial charge in [0, 0.05) is 6.20 Å². The van der Waals surface area contributed by atoms with E-state index < -0.39 is 11.9 Å². The molecule has 0 N–H and O–H groups in total. The van der Waals surface area contributed by atoms with Crippen molar-refractivity contribution in [2.75, 3.05) is 4.90 Å². The van der Waals surface area contributed by atoms with Crippen LogP contribution in [0.15, 0.2) is 106 Å². The van der Waals surface area contributed by atoms with Crippen molar-refractivity contribution in [2.45, 2.75) is 19.6 Å². The molecule has 0 saturated carbocycles. The van der Waals surface area contributed by atoms with Crippen LogP contribution in [-0.2, 0) is 6.61 Å². The van der Waals surface area contributed by atoms with Crippen LogP contribution >= 0.6 is 0 Å². The molecule has 1 aliphatic rings. The van der Waals surface area contributed by atoms with Gasteiger partial charge >= 0.3 is 0 Å². The molecule has 2 aromatic heterocycles. The number of hydrogen-bond donors (Lipinski definition) is 0. The second kappa shape index (κ2) is 8.82. The first kappa shape index (κ1) is 21.8. The van der Waals surface area contributed by atoms with Gasteiger partial charge < -0.3 is 9.15 Å². The Morgan fingerprint density at radius 1 is 0.889 bits per heavy atom. The number of rotatable bonds is 5. The lowest BCUT2D eigenvalue weighted by Crippen LogP contribution is -2.30. The highest BCUT2D eigenvalue weighted by Crippen LogP contribution is 2.40. The molecule has 3 heterocycles. The summed E-state index contributed by atoms with van der Waals surface area (Å²) in [5.74, 6) is 0.807. The van der Waals surface area contributed by atoms with Gasteiger partial charge in [-0.15, -0.1) is 0 Å². The van der Waals surface area contributed by atoms with E-state index >= 15 is 0 Å². The molecule has 176 valence electrons. The van der Waals surface area contributed by atoms with Crippen molar-refractivity contribution in [3.05, 3.63) is 135 Å². The van der Waals surface area contributed by atoms with Gasteiger partial charge in [0.1, 0.15) is 23.8 Å². The van der Waals surface area contributed by atoms with Gasteiger partial charge in [-0.05, 0) is 53.9 Å². The largest absolute Gasteiger partial charge is 0.489 e. The number of benzene rings is 3. The third-order valence-corrected chi connectivity index (χ3v) is 6.36. The van der Waals surface area contributed by atoms with Crippen LogP contribution in [-0.4, -0.2) is 10.9 Å². The molecular formula is C30H22N2O4. The lowest BCUT2D eigenvalue weighted by Gasteiger charge is -2.24. The number of ether oxygens (including phenoxy) is 1. The minimum absolute atomic E-state index is 0.0514. The van der Waals surface area contributed by atoms with Gasteiger partial charge in [-0.1, -0.05) is 60.7 Å². The van der Waals surface area contributed by atoms with Crippen LogP contribution in [0.4, 0.5) is 5.82 Å². The van der Waals surface area contributed by atoms with Crippen LogP contribution < -0.4 is 15.1 Å². The number of para-hydroxylation sites is 1. The first-order valence-electron chi connectivity index (χ1n) is 11.7. The quantitative estimate of drug-likeness (QED) is 0.321. The van der Waals surface area contributed by atoms with E-state index in [9.17, 15) is 9.59 Å². The normalized spacial score (nSPS) is 14.8. The Morgan fingerprint density at radius 2 is 1.64 bits per heavy atom. The second-order valence-corrected chi connectivity index (χ2v) is 8.78. The summed E-state index contributed by atoms with van der Waals surface area (Å²) in [5.41, 5.74) is 3.29. The lowest BCUT2D eigenvalue weighted by molar-refractivity contribution is 0.0970. The van der Waals surface area contributed by atoms with Crippen molar-refractivity contribution in [1.82, 2.24) is 4.98 Å². The molecule has 0 aliphatic carbocycles. The van der Waals surface area contributed by atoms with Crippen molar-refractivity contribution in [3.8, 4) is 5.75 Å². The summed E-state index contributed by atoms with van der Waals surface area (Å²) >= 11 is 0. The number of fused-ring (bicyclic) bond motifs is 2. The Hall–Kier alpha value is -4.71. The molecule has 1 amide bonds. The number of carbonyl (C=O) groups excluding carboxylic acids is 1. The summed E-state index contributed by atoms with van der Waals surface area (Å²) in [7, 11) is 0. The van der Waals surface area contributed by atoms with E-state index in [0.29, 0.717) is 34.7 Å². The summed E-state index contributed by atoms with van der Waals surface area (Å²) in [6.07, 6.45) is 1.70. The molecule has 6 rings (SSSR count). The third-order valence-electron chi connectivity index (χ3n) is 6.36. The minimum atomic E-state index is -0.674. The predicted octanol–water partition coefficient (Wildman–Crippen LogP) is 5.83. The molecule has 6 heteroatoms. The zero-order valence-electron chi connectivity index (χ0n) is 19.5. The van der Waals surface area contributed by atoms with E-state index in [0.717, 1.165) is 16.7 Å². The topological polar surface area (TPSA) is 72.6 Å². The molecule has 1 atom stereocenters. The lowest BCUT2D eigenvalue weighted by atomic mass is 9.98. The number of anilines is 1. The Bertz CT molecular complexity index is 1620. The monoisotopic (exact) mass is 474 g/mol. The molecule has 0 unspecified atom stereocenters. The molecule has 1 aliphatic heterocycles. The van der Waals surface area contributed by atoms with Crippen LogP contribution in [0.25, 0.3) is 11.0 Å². The predicted molar refractivity (Wildman–Crippen MR) is 137 cm³/mol. The van der Waals surface area contributed by atoms with E-state index in [1.54, 1.807) is 36.5 Å². The van der Waals surface area contributed by atoms with Gasteiger partial charge in [-0.3, -0.25) is 14.5 Å². The van der Waals surface area contributed by atoms with Crippen LogP contribution in [0.2, 0.25) is 0 Å². The zero-order chi connectivity index (χ0) is 24.6. The van der Waals surface area contributed by atoms with Gasteiger partial charge in [-0.25, -0.2) is 4.98 Å². The zero-order valence-corrected chi connectivity index (χ0v) is 19.5. The van der Waals surface area contributed by atoms with E-state index in [1.165, 1.54) is 4.90 Å². The number of hydrogen-bond acceptors (Lipinski definition) is 5. The first-order valence-corrected chi connectivity index (χ1v) is 11.7. The van der Waals surface area contributed by atoms with Crippen LogP contribution in [0.1, 0.15) is 38.9 Å². The molecule has 0 radical (unpaired) electrons. The highest BCUT2D eigenvalue weighted by molar-refractivity contribution is 6.10. The molecule has 3 aromatic carbocycles. The van der Waals surface area contributed by atoms with E-state index in [-0.39, 0.29) is 11.2 Å². The fourth-order valence-corrected chi connectivity index (χ4v) is 4.56. The van der Waals surface area contributed by atoms with Crippen molar-refractivity contribution >= 4 is 22.7 Å². The van der Waals surface area contributed by atoms with Crippen LogP contribution in [0.3, 0.4) is 0 Å². The van der Waals surface area contributed by atoms with Gasteiger partial charge in [0.2, 0.25) is 5.76 Å². The second-order valence-electron chi connectivity index (χ2n) is 8.78. The van der Waals surface area contributed by atoms with Gasteiger partial charge in [0.15, 0.2) is 5.43 Å². The number of carbonyl (C=O) groups is 1. The number of amides is 1. The third kappa shape index (κ3) is 3.73. The maximum absolute atomic E-state index is 13.6. The van der Waals surface area contributed by atoms with E-state index in [2.05, 4.69) is 4.98 Å². The highest BCUT2D eigenvalue weighted by atomic mass is 16.5. The van der Waals surface area contributed by atoms with Crippen LogP contribution in [0.5, 0.6) is 5.75 Å². The van der Waals surface area contributed by atoms with E-state index in [1.807, 2.05) is 67.6 Å². The summed E-state index contributed by atoms with van der Waals surface area (Å²) in [6.45, 7) is 2.38. The van der Waals surface area contributed by atoms with Crippen molar-refractivity contribution in [3.63, 3.8) is 0 Å². The fraction of sp³-hybridized carbons (Fsp3) is 0.100. The summed E-state index contributed by atoms with van der Waals surface area (Å²) in [5, 5.41) is 0.440. The Kier molecular flexibility index (Phi) is 5.34. The minimum Gasteiger partial charge on any atom is -0.489 e. The SMILES string of the molecule is Cc1ccc(N2C(=O)c3oc4ccccc4c(=O)c3[C@@H]2c2ccc(OCc3ccccc3)cc2)nc1. The maximum Gasteiger partial charge on any atom is 0.296 e. The Morgan fingerprint density at radius 3 is 2.39 bits per heavy atom. The number of aryl methyl sites for hydroxylation is 1. The molecule has 6 nitrogen and oxygen atoms in total. The Labute approximate surface area is 207 Å². The molecule has 0 fully saturated rings. The number of nitrogens with zero attached hydrogens (tertiary/aromatic N) is 2. The van der Waals surface area contributed by atoms with Gasteiger partial charge in [0.05, 0.1) is 17.0 Å². The average molecular weight is 475 g/mol. The van der Waals surface area contributed by atoms with Crippen molar-refractivity contribution in [1.29, 1.82) is 0 Å². The number of pyridine rings is 1. The maximum atomic E-state index is 13.6. The summed E-state index contributed by atoms with van der Waals surface area (Å²) in [4.78, 5) is 33.3. The molecule has 36 heavy (non-hydrogen) atoms. The molecule has 0 bridgehead atoms. The van der Waals surface area contributed by atoms with Crippen LogP contribution in [0, 0.1) is 6.92 Å². The molecule has 5 aromatic rings. The summed E-state index contributed by atoms with van der Waals surface area (Å²) < 4.78 is 11.9. The number of aromatic nitrogens is 1. The fourth-order valence-electron chi connectivity index (χ4n) is 4.56. The summed E-state index contributed by atoms with van der Waals surface area (Å²) in [6, 6.07) is 27.4. The standard InChI is InChI=1S/C30H22N2O4/c1-19-11-16-25(31-17-19)32-27(21-12-14-22(15-13-21)35-18-20-7-3-2-4-8-20)26-28(33)23-9-5-6-10-24(23)36-29(26)30(32)34/h2-17,27H,18H2,1H3/t27-/m0/s1. The van der Waals surface area contributed by atoms with Crippen molar-refractivity contribution < 1.29 is 13.9 Å². The average Bonchev–Trinajstić information content (AvgIpc) is 3.21. The van der Waals surface area contributed by atoms with Gasteiger partial charge in [0.25, 0.3) is 5.91 Å². The van der Waals surface area contributed by atoms with Crippen molar-refractivity contribution in [2.24, 2.45) is 0 Å². The highest BCUT2D eigenvalue weighted by Gasteiger charge is 2.44. The molecule has 0 spiro atoms. The molecule has 0 saturated heterocycles. The van der Waals surface area contributed by atoms with Gasteiger partial charge in [-0.2, -0.15) is 0 Å². The van der Waals surface area contributed by atoms with E-state index in [4.69, 9.17) is 9.15 Å². The Balaban J connectivity index is 1.43.